The smallest absolute Gasteiger partial charge is 0.410 e. The van der Waals surface area contributed by atoms with Crippen LogP contribution >= 0.6 is 11.6 Å². The fourth-order valence-corrected chi connectivity index (χ4v) is 3.22. The summed E-state index contributed by atoms with van der Waals surface area (Å²) in [4.78, 5) is 25.9. The highest BCUT2D eigenvalue weighted by molar-refractivity contribution is 6.31. The highest BCUT2D eigenvalue weighted by Gasteiger charge is 2.28. The number of nitrogens with zero attached hydrogens (tertiary/aromatic N) is 1. The second kappa shape index (κ2) is 8.16. The molecule has 2 rings (SSSR count). The zero-order valence-electron chi connectivity index (χ0n) is 16.0. The SMILES string of the molecule is COC(=O)c1cc(Cl)cc(C)c1NC1CCN(C(=O)OC(C)(C)C)CC1. The summed E-state index contributed by atoms with van der Waals surface area (Å²) >= 11 is 6.08. The van der Waals surface area contributed by atoms with Gasteiger partial charge in [0, 0.05) is 24.2 Å². The summed E-state index contributed by atoms with van der Waals surface area (Å²) in [5, 5.41) is 3.92. The van der Waals surface area contributed by atoms with E-state index in [1.54, 1.807) is 11.0 Å². The number of aryl methyl sites for hydroxylation is 1. The molecular weight excluding hydrogens is 356 g/mol. The van der Waals surface area contributed by atoms with E-state index in [2.05, 4.69) is 5.32 Å². The van der Waals surface area contributed by atoms with E-state index in [0.717, 1.165) is 24.1 Å². The molecule has 26 heavy (non-hydrogen) atoms. The molecule has 1 heterocycles. The van der Waals surface area contributed by atoms with Gasteiger partial charge in [-0.1, -0.05) is 11.6 Å². The fraction of sp³-hybridized carbons (Fsp3) is 0.579. The highest BCUT2D eigenvalue weighted by Crippen LogP contribution is 2.28. The predicted octanol–water partition coefficient (Wildman–Crippen LogP) is 4.25. The summed E-state index contributed by atoms with van der Waals surface area (Å²) in [5.41, 5.74) is 1.54. The fourth-order valence-electron chi connectivity index (χ4n) is 2.94. The molecule has 1 saturated heterocycles. The zero-order valence-corrected chi connectivity index (χ0v) is 16.8. The molecule has 0 radical (unpaired) electrons. The van der Waals surface area contributed by atoms with Crippen molar-refractivity contribution < 1.29 is 19.1 Å². The molecule has 1 aliphatic rings. The summed E-state index contributed by atoms with van der Waals surface area (Å²) in [7, 11) is 1.35. The van der Waals surface area contributed by atoms with Gasteiger partial charge in [-0.2, -0.15) is 0 Å². The Hall–Kier alpha value is -1.95. The number of hydrogen-bond acceptors (Lipinski definition) is 5. The van der Waals surface area contributed by atoms with Gasteiger partial charge < -0.3 is 19.7 Å². The maximum Gasteiger partial charge on any atom is 0.410 e. The number of methoxy groups -OCH3 is 1. The second-order valence-corrected chi connectivity index (χ2v) is 7.96. The van der Waals surface area contributed by atoms with E-state index < -0.39 is 11.6 Å². The normalized spacial score (nSPS) is 15.5. The zero-order chi connectivity index (χ0) is 19.5. The van der Waals surface area contributed by atoms with Crippen LogP contribution in [-0.4, -0.2) is 48.8 Å². The Kier molecular flexibility index (Phi) is 6.39. The first kappa shape index (κ1) is 20.4. The van der Waals surface area contributed by atoms with Crippen molar-refractivity contribution in [1.29, 1.82) is 0 Å². The molecule has 7 heteroatoms. The lowest BCUT2D eigenvalue weighted by Gasteiger charge is -2.34. The lowest BCUT2D eigenvalue weighted by Crippen LogP contribution is -2.44. The quantitative estimate of drug-likeness (QED) is 0.791. The first-order chi connectivity index (χ1) is 12.1. The van der Waals surface area contributed by atoms with Gasteiger partial charge in [0.05, 0.1) is 18.4 Å². The van der Waals surface area contributed by atoms with Crippen LogP contribution in [0, 0.1) is 6.92 Å². The largest absolute Gasteiger partial charge is 0.465 e. The van der Waals surface area contributed by atoms with Crippen LogP contribution in [0.5, 0.6) is 0 Å². The van der Waals surface area contributed by atoms with Crippen LogP contribution in [0.15, 0.2) is 12.1 Å². The van der Waals surface area contributed by atoms with Crippen molar-refractivity contribution in [2.24, 2.45) is 0 Å². The van der Waals surface area contributed by atoms with Gasteiger partial charge in [0.1, 0.15) is 5.60 Å². The Balaban J connectivity index is 2.04. The van der Waals surface area contributed by atoms with Crippen molar-refractivity contribution in [3.8, 4) is 0 Å². The van der Waals surface area contributed by atoms with E-state index in [1.165, 1.54) is 7.11 Å². The monoisotopic (exact) mass is 382 g/mol. The van der Waals surface area contributed by atoms with E-state index >= 15 is 0 Å². The van der Waals surface area contributed by atoms with Gasteiger partial charge in [0.25, 0.3) is 0 Å². The minimum atomic E-state index is -0.498. The van der Waals surface area contributed by atoms with Crippen LogP contribution in [0.2, 0.25) is 5.02 Å². The third kappa shape index (κ3) is 5.27. The summed E-state index contributed by atoms with van der Waals surface area (Å²) in [6.07, 6.45) is 1.25. The van der Waals surface area contributed by atoms with Crippen molar-refractivity contribution in [1.82, 2.24) is 4.90 Å². The topological polar surface area (TPSA) is 67.9 Å². The number of benzene rings is 1. The number of amides is 1. The lowest BCUT2D eigenvalue weighted by atomic mass is 10.0. The van der Waals surface area contributed by atoms with Crippen molar-refractivity contribution in [2.75, 3.05) is 25.5 Å². The Bertz CT molecular complexity index is 677. The molecule has 1 fully saturated rings. The molecule has 0 aromatic heterocycles. The van der Waals surface area contributed by atoms with Crippen molar-refractivity contribution in [3.63, 3.8) is 0 Å². The van der Waals surface area contributed by atoms with E-state index in [1.807, 2.05) is 33.8 Å². The third-order valence-electron chi connectivity index (χ3n) is 4.20. The molecule has 1 aromatic rings. The Morgan fingerprint density at radius 2 is 1.85 bits per heavy atom. The molecule has 1 N–H and O–H groups in total. The summed E-state index contributed by atoms with van der Waals surface area (Å²) in [6.45, 7) is 8.68. The molecule has 144 valence electrons. The van der Waals surface area contributed by atoms with Crippen molar-refractivity contribution >= 4 is 29.4 Å². The van der Waals surface area contributed by atoms with E-state index in [4.69, 9.17) is 21.1 Å². The Labute approximate surface area is 159 Å². The highest BCUT2D eigenvalue weighted by atomic mass is 35.5. The summed E-state index contributed by atoms with van der Waals surface area (Å²) < 4.78 is 10.3. The lowest BCUT2D eigenvalue weighted by molar-refractivity contribution is 0.0210. The van der Waals surface area contributed by atoms with Crippen LogP contribution in [0.25, 0.3) is 0 Å². The van der Waals surface area contributed by atoms with Crippen LogP contribution < -0.4 is 5.32 Å². The van der Waals surface area contributed by atoms with Crippen LogP contribution in [0.1, 0.15) is 49.5 Å². The van der Waals surface area contributed by atoms with Gasteiger partial charge in [-0.05, 0) is 58.2 Å². The van der Waals surface area contributed by atoms with Crippen molar-refractivity contribution in [2.45, 2.75) is 52.2 Å². The number of hydrogen-bond donors (Lipinski definition) is 1. The number of ether oxygens (including phenoxy) is 2. The number of piperidine rings is 1. The van der Waals surface area contributed by atoms with Crippen molar-refractivity contribution in [3.05, 3.63) is 28.3 Å². The number of nitrogens with one attached hydrogen (secondary N) is 1. The van der Waals surface area contributed by atoms with Gasteiger partial charge in [0.15, 0.2) is 0 Å². The molecule has 0 unspecified atom stereocenters. The number of carbonyl (C=O) groups excluding carboxylic acids is 2. The van der Waals surface area contributed by atoms with Crippen LogP contribution in [-0.2, 0) is 9.47 Å². The first-order valence-corrected chi connectivity index (χ1v) is 9.11. The maximum absolute atomic E-state index is 12.2. The van der Waals surface area contributed by atoms with Gasteiger partial charge in [-0.15, -0.1) is 0 Å². The number of likely N-dealkylation sites (tertiary alicyclic amines) is 1. The van der Waals surface area contributed by atoms with Gasteiger partial charge in [-0.25, -0.2) is 9.59 Å². The Morgan fingerprint density at radius 1 is 1.23 bits per heavy atom. The maximum atomic E-state index is 12.2. The number of anilines is 1. The minimum absolute atomic E-state index is 0.150. The standard InChI is InChI=1S/C19H27ClN2O4/c1-12-10-13(20)11-15(17(23)25-5)16(12)21-14-6-8-22(9-7-14)18(24)26-19(2,3)4/h10-11,14,21H,6-9H2,1-5H3. The molecule has 0 atom stereocenters. The average molecular weight is 383 g/mol. The van der Waals surface area contributed by atoms with Crippen LogP contribution in [0.4, 0.5) is 10.5 Å². The molecule has 1 aromatic carbocycles. The van der Waals surface area contributed by atoms with Gasteiger partial charge in [0.2, 0.25) is 0 Å². The number of carbonyl (C=O) groups is 2. The summed E-state index contributed by atoms with van der Waals surface area (Å²) in [5.74, 6) is -0.427. The molecule has 6 nitrogen and oxygen atoms in total. The van der Waals surface area contributed by atoms with Gasteiger partial charge >= 0.3 is 12.1 Å². The molecule has 0 spiro atoms. The third-order valence-corrected chi connectivity index (χ3v) is 4.42. The predicted molar refractivity (Wildman–Crippen MR) is 102 cm³/mol. The molecular formula is C19H27ClN2O4. The Morgan fingerprint density at radius 3 is 2.38 bits per heavy atom. The number of rotatable bonds is 3. The number of esters is 1. The molecule has 1 aliphatic heterocycles. The van der Waals surface area contributed by atoms with Gasteiger partial charge in [-0.3, -0.25) is 0 Å². The molecule has 0 saturated carbocycles. The molecule has 1 amide bonds. The minimum Gasteiger partial charge on any atom is -0.465 e. The van der Waals surface area contributed by atoms with E-state index in [0.29, 0.717) is 23.7 Å². The molecule has 0 aliphatic carbocycles. The summed E-state index contributed by atoms with van der Waals surface area (Å²) in [6, 6.07) is 3.57. The first-order valence-electron chi connectivity index (χ1n) is 8.73. The average Bonchev–Trinajstić information content (AvgIpc) is 2.55. The molecule has 0 bridgehead atoms. The second-order valence-electron chi connectivity index (χ2n) is 7.52. The van der Waals surface area contributed by atoms with E-state index in [-0.39, 0.29) is 12.1 Å². The van der Waals surface area contributed by atoms with E-state index in [9.17, 15) is 9.59 Å². The number of halogens is 1. The van der Waals surface area contributed by atoms with Crippen LogP contribution in [0.3, 0.4) is 0 Å².